The fraction of sp³-hybridized carbons (Fsp3) is 0.750. The van der Waals surface area contributed by atoms with E-state index < -0.39 is 12.6 Å². The lowest BCUT2D eigenvalue weighted by molar-refractivity contribution is -0.146. The van der Waals surface area contributed by atoms with Crippen molar-refractivity contribution in [3.63, 3.8) is 0 Å². The molecule has 1 aromatic heterocycles. The van der Waals surface area contributed by atoms with Crippen molar-refractivity contribution < 1.29 is 17.9 Å². The zero-order valence-corrected chi connectivity index (χ0v) is 11.9. The topological polar surface area (TPSA) is 34.2 Å². The quantitative estimate of drug-likeness (QED) is 0.747. The molecule has 0 aromatic carbocycles. The van der Waals surface area contributed by atoms with Gasteiger partial charge in [-0.15, -0.1) is 11.3 Å². The Morgan fingerprint density at radius 2 is 2.16 bits per heavy atom. The monoisotopic (exact) mass is 296 g/mol. The van der Waals surface area contributed by atoms with Crippen LogP contribution in [0.2, 0.25) is 0 Å². The molecule has 0 radical (unpaired) electrons. The van der Waals surface area contributed by atoms with Crippen molar-refractivity contribution in [2.45, 2.75) is 39.6 Å². The summed E-state index contributed by atoms with van der Waals surface area (Å²) in [6.45, 7) is 5.66. The first-order chi connectivity index (χ1) is 8.87. The molecule has 0 aliphatic carbocycles. The molecule has 1 rings (SSSR count). The summed E-state index contributed by atoms with van der Waals surface area (Å²) in [5.41, 5.74) is 0.688. The maximum absolute atomic E-state index is 11.9. The van der Waals surface area contributed by atoms with Crippen LogP contribution in [0.25, 0.3) is 0 Å². The molecule has 1 aromatic rings. The van der Waals surface area contributed by atoms with Gasteiger partial charge in [0.1, 0.15) is 5.01 Å². The lowest BCUT2D eigenvalue weighted by Gasteiger charge is -2.06. The highest BCUT2D eigenvalue weighted by Crippen LogP contribution is 2.19. The first-order valence-corrected chi connectivity index (χ1v) is 7.03. The summed E-state index contributed by atoms with van der Waals surface area (Å²) in [7, 11) is 0. The van der Waals surface area contributed by atoms with Gasteiger partial charge in [-0.3, -0.25) is 0 Å². The van der Waals surface area contributed by atoms with Crippen LogP contribution in [0.3, 0.4) is 0 Å². The van der Waals surface area contributed by atoms with Crippen molar-refractivity contribution in [1.82, 2.24) is 10.3 Å². The van der Waals surface area contributed by atoms with Crippen LogP contribution in [0.1, 0.15) is 31.0 Å². The van der Waals surface area contributed by atoms with E-state index in [0.717, 1.165) is 11.6 Å². The largest absolute Gasteiger partial charge is 0.391 e. The molecule has 110 valence electrons. The molecule has 7 heteroatoms. The molecule has 0 aliphatic heterocycles. The number of nitrogens with zero attached hydrogens (tertiary/aromatic N) is 1. The molecule has 0 bridgehead atoms. The maximum atomic E-state index is 11.9. The van der Waals surface area contributed by atoms with Crippen LogP contribution < -0.4 is 5.32 Å². The number of alkyl halides is 3. The van der Waals surface area contributed by atoms with E-state index >= 15 is 0 Å². The van der Waals surface area contributed by atoms with E-state index in [9.17, 15) is 13.2 Å². The number of ether oxygens (including phenoxy) is 1. The highest BCUT2D eigenvalue weighted by Gasteiger charge is 2.26. The molecular weight excluding hydrogens is 277 g/mol. The number of halogens is 3. The van der Waals surface area contributed by atoms with E-state index in [2.05, 4.69) is 24.1 Å². The Kier molecular flexibility index (Phi) is 6.74. The van der Waals surface area contributed by atoms with E-state index in [1.165, 1.54) is 11.3 Å². The summed E-state index contributed by atoms with van der Waals surface area (Å²) < 4.78 is 40.6. The van der Waals surface area contributed by atoms with Gasteiger partial charge in [0.25, 0.3) is 0 Å². The minimum atomic E-state index is -4.16. The van der Waals surface area contributed by atoms with Gasteiger partial charge in [0.15, 0.2) is 0 Å². The Morgan fingerprint density at radius 1 is 1.42 bits per heavy atom. The number of rotatable bonds is 8. The predicted molar refractivity (Wildman–Crippen MR) is 69.0 cm³/mol. The van der Waals surface area contributed by atoms with Gasteiger partial charge in [0.05, 0.1) is 25.3 Å². The molecule has 0 saturated heterocycles. The van der Waals surface area contributed by atoms with Crippen molar-refractivity contribution >= 4 is 11.3 Å². The fourth-order valence-electron chi connectivity index (χ4n) is 1.33. The highest BCUT2D eigenvalue weighted by molar-refractivity contribution is 7.09. The Hall–Kier alpha value is -0.660. The van der Waals surface area contributed by atoms with E-state index in [-0.39, 0.29) is 13.2 Å². The van der Waals surface area contributed by atoms with Crippen LogP contribution in [0, 0.1) is 5.92 Å². The molecule has 0 unspecified atom stereocenters. The molecule has 0 spiro atoms. The third-order valence-corrected chi connectivity index (χ3v) is 3.11. The standard InChI is InChI=1S/C12H19F3N2OS/c1-9(2)5-16-6-11-17-10(8-19-11)7-18-4-3-12(13,14)15/h8-9,16H,3-7H2,1-2H3. The Labute approximate surface area is 115 Å². The Balaban J connectivity index is 2.19. The number of hydrogen-bond acceptors (Lipinski definition) is 4. The van der Waals surface area contributed by atoms with Gasteiger partial charge in [0, 0.05) is 11.9 Å². The third-order valence-electron chi connectivity index (χ3n) is 2.21. The zero-order chi connectivity index (χ0) is 14.3. The van der Waals surface area contributed by atoms with Crippen LogP contribution in [0.5, 0.6) is 0 Å². The first kappa shape index (κ1) is 16.4. The van der Waals surface area contributed by atoms with Gasteiger partial charge in [-0.2, -0.15) is 13.2 Å². The van der Waals surface area contributed by atoms with Crippen LogP contribution in [0.4, 0.5) is 13.2 Å². The molecule has 3 nitrogen and oxygen atoms in total. The minimum absolute atomic E-state index is 0.136. The molecule has 0 aliphatic rings. The van der Waals surface area contributed by atoms with Crippen molar-refractivity contribution in [2.75, 3.05) is 13.2 Å². The van der Waals surface area contributed by atoms with Gasteiger partial charge < -0.3 is 10.1 Å². The van der Waals surface area contributed by atoms with Crippen LogP contribution >= 0.6 is 11.3 Å². The van der Waals surface area contributed by atoms with Crippen molar-refractivity contribution in [2.24, 2.45) is 5.92 Å². The SMILES string of the molecule is CC(C)CNCc1nc(COCCC(F)(F)F)cs1. The average molecular weight is 296 g/mol. The molecule has 0 amide bonds. The number of aromatic nitrogens is 1. The number of hydrogen-bond donors (Lipinski definition) is 1. The van der Waals surface area contributed by atoms with Gasteiger partial charge in [-0.05, 0) is 12.5 Å². The summed E-state index contributed by atoms with van der Waals surface area (Å²) in [6.07, 6.45) is -5.08. The summed E-state index contributed by atoms with van der Waals surface area (Å²) in [4.78, 5) is 4.29. The van der Waals surface area contributed by atoms with Crippen LogP contribution in [-0.4, -0.2) is 24.3 Å². The zero-order valence-electron chi connectivity index (χ0n) is 11.1. The van der Waals surface area contributed by atoms with Gasteiger partial charge in [0.2, 0.25) is 0 Å². The number of nitrogens with one attached hydrogen (secondary N) is 1. The smallest absolute Gasteiger partial charge is 0.375 e. The summed E-state index contributed by atoms with van der Waals surface area (Å²) >= 11 is 1.49. The summed E-state index contributed by atoms with van der Waals surface area (Å²) in [5.74, 6) is 0.574. The minimum Gasteiger partial charge on any atom is -0.375 e. The van der Waals surface area contributed by atoms with Crippen molar-refractivity contribution in [3.05, 3.63) is 16.1 Å². The molecule has 0 atom stereocenters. The molecule has 1 N–H and O–H groups in total. The van der Waals surface area contributed by atoms with E-state index in [1.807, 2.05) is 5.38 Å². The van der Waals surface area contributed by atoms with E-state index in [1.54, 1.807) is 0 Å². The highest BCUT2D eigenvalue weighted by atomic mass is 32.1. The van der Waals surface area contributed by atoms with Gasteiger partial charge in [-0.25, -0.2) is 4.98 Å². The lowest BCUT2D eigenvalue weighted by atomic mass is 10.2. The molecular formula is C12H19F3N2OS. The summed E-state index contributed by atoms with van der Waals surface area (Å²) in [6, 6.07) is 0. The second-order valence-electron chi connectivity index (χ2n) is 4.68. The molecule has 19 heavy (non-hydrogen) atoms. The maximum Gasteiger partial charge on any atom is 0.391 e. The summed E-state index contributed by atoms with van der Waals surface area (Å²) in [5, 5.41) is 6.01. The van der Waals surface area contributed by atoms with Crippen LogP contribution in [0.15, 0.2) is 5.38 Å². The fourth-order valence-corrected chi connectivity index (χ4v) is 2.08. The van der Waals surface area contributed by atoms with E-state index in [0.29, 0.717) is 18.2 Å². The molecule has 1 heterocycles. The molecule has 0 saturated carbocycles. The average Bonchev–Trinajstić information content (AvgIpc) is 2.71. The first-order valence-electron chi connectivity index (χ1n) is 6.15. The Morgan fingerprint density at radius 3 is 2.79 bits per heavy atom. The second-order valence-corrected chi connectivity index (χ2v) is 5.62. The normalized spacial score (nSPS) is 12.3. The predicted octanol–water partition coefficient (Wildman–Crippen LogP) is 3.36. The van der Waals surface area contributed by atoms with Gasteiger partial charge in [-0.1, -0.05) is 13.8 Å². The lowest BCUT2D eigenvalue weighted by Crippen LogP contribution is -2.18. The van der Waals surface area contributed by atoms with Gasteiger partial charge >= 0.3 is 6.18 Å². The third kappa shape index (κ3) is 8.18. The van der Waals surface area contributed by atoms with Crippen molar-refractivity contribution in [1.29, 1.82) is 0 Å². The van der Waals surface area contributed by atoms with Crippen molar-refractivity contribution in [3.8, 4) is 0 Å². The second kappa shape index (κ2) is 7.81. The number of thiazole rings is 1. The van der Waals surface area contributed by atoms with E-state index in [4.69, 9.17) is 4.74 Å². The molecule has 0 fully saturated rings. The van der Waals surface area contributed by atoms with Crippen LogP contribution in [-0.2, 0) is 17.9 Å². The Bertz CT molecular complexity index is 366.